The van der Waals surface area contributed by atoms with Crippen LogP contribution in [-0.2, 0) is 0 Å². The predicted octanol–water partition coefficient (Wildman–Crippen LogP) is 12.1. The molecule has 10 rings (SSSR count). The van der Waals surface area contributed by atoms with Crippen molar-refractivity contribution in [2.24, 2.45) is 0 Å². The van der Waals surface area contributed by atoms with Crippen molar-refractivity contribution in [1.29, 1.82) is 0 Å². The van der Waals surface area contributed by atoms with Crippen LogP contribution in [0, 0.1) is 0 Å². The lowest BCUT2D eigenvalue weighted by atomic mass is 9.83. The maximum atomic E-state index is 2.61. The minimum absolute atomic E-state index is 1.14. The number of anilines is 2. The second kappa shape index (κ2) is 11.3. The first-order valence-electron chi connectivity index (χ1n) is 18.1. The van der Waals surface area contributed by atoms with Gasteiger partial charge in [-0.05, 0) is 140 Å². The van der Waals surface area contributed by atoms with E-state index < -0.39 is 0 Å². The highest BCUT2D eigenvalue weighted by atomic mass is 15.1. The molecule has 2 saturated heterocycles. The Labute approximate surface area is 283 Å². The fourth-order valence-electron chi connectivity index (χ4n) is 9.13. The summed E-state index contributed by atoms with van der Waals surface area (Å²) in [6.45, 7) is 4.55. The third kappa shape index (κ3) is 4.32. The molecule has 0 bridgehead atoms. The molecule has 1 aliphatic carbocycles. The predicted molar refractivity (Wildman–Crippen MR) is 206 cm³/mol. The fourth-order valence-corrected chi connectivity index (χ4v) is 9.13. The molecule has 0 radical (unpaired) electrons. The molecule has 0 saturated carbocycles. The van der Waals surface area contributed by atoms with Crippen LogP contribution in [0.1, 0.15) is 38.5 Å². The van der Waals surface area contributed by atoms with Gasteiger partial charge in [0.15, 0.2) is 0 Å². The maximum absolute atomic E-state index is 2.61. The van der Waals surface area contributed by atoms with Crippen molar-refractivity contribution >= 4 is 43.7 Å². The van der Waals surface area contributed by atoms with E-state index in [2.05, 4.69) is 131 Å². The lowest BCUT2D eigenvalue weighted by Crippen LogP contribution is -2.29. The van der Waals surface area contributed by atoms with Crippen molar-refractivity contribution in [2.45, 2.75) is 38.5 Å². The van der Waals surface area contributed by atoms with Crippen LogP contribution < -0.4 is 9.80 Å². The van der Waals surface area contributed by atoms with Crippen LogP contribution in [0.5, 0.6) is 0 Å². The number of fused-ring (bicyclic) bond motifs is 5. The van der Waals surface area contributed by atoms with Crippen LogP contribution in [-0.4, -0.2) is 26.2 Å². The summed E-state index contributed by atoms with van der Waals surface area (Å²) < 4.78 is 0. The van der Waals surface area contributed by atoms with E-state index in [1.165, 1.54) is 127 Å². The largest absolute Gasteiger partial charge is 0.372 e. The van der Waals surface area contributed by atoms with Crippen molar-refractivity contribution in [3.8, 4) is 44.5 Å². The molecule has 2 aliphatic heterocycles. The first kappa shape index (κ1) is 28.0. The molecule has 0 atom stereocenters. The second-order valence-corrected chi connectivity index (χ2v) is 14.1. The maximum Gasteiger partial charge on any atom is 0.0372 e. The Morgan fingerprint density at radius 1 is 0.333 bits per heavy atom. The van der Waals surface area contributed by atoms with Crippen molar-refractivity contribution in [3.63, 3.8) is 0 Å². The summed E-state index contributed by atoms with van der Waals surface area (Å²) in [5, 5.41) is 8.12. The van der Waals surface area contributed by atoms with Gasteiger partial charge in [0, 0.05) is 37.6 Å². The van der Waals surface area contributed by atoms with Crippen molar-refractivity contribution in [1.82, 2.24) is 0 Å². The van der Waals surface area contributed by atoms with E-state index >= 15 is 0 Å². The molecular weight excluding hydrogens is 581 g/mol. The summed E-state index contributed by atoms with van der Waals surface area (Å²) in [7, 11) is 0. The summed E-state index contributed by atoms with van der Waals surface area (Å²) in [5.41, 5.74) is 13.5. The van der Waals surface area contributed by atoms with Crippen LogP contribution in [0.15, 0.2) is 121 Å². The standard InChI is InChI=1S/C46H40N2/c1-4-13-31(14-5-1)44-40-21-19-33(48-27-10-3-11-28-48)30-43(40)46(41-22-20-32(29-42(41)44)47-25-8-2-9-26-47)39-24-23-38-35-16-7-6-15-34(35)36-17-12-18-37(39)45(36)38/h1,4-7,12-24,29-30H,2-3,8-11,25-28H2. The molecule has 234 valence electrons. The molecule has 0 spiro atoms. The van der Waals surface area contributed by atoms with Crippen LogP contribution in [0.4, 0.5) is 11.4 Å². The third-order valence-electron chi connectivity index (χ3n) is 11.4. The van der Waals surface area contributed by atoms with Gasteiger partial charge in [0.1, 0.15) is 0 Å². The molecule has 0 N–H and O–H groups in total. The van der Waals surface area contributed by atoms with E-state index in [0.29, 0.717) is 0 Å². The van der Waals surface area contributed by atoms with E-state index in [1.54, 1.807) is 0 Å². The SMILES string of the molecule is c1ccc(-c2c3cc(N4CCCCC4)ccc3c(-c3ccc4c5c(cccc35)-c3ccccc3-4)c3cc(N4CCCCC4)ccc23)cc1. The number of benzene rings is 7. The zero-order chi connectivity index (χ0) is 31.6. The molecule has 2 nitrogen and oxygen atoms in total. The number of hydrogen-bond acceptors (Lipinski definition) is 2. The van der Waals surface area contributed by atoms with Gasteiger partial charge in [0.05, 0.1) is 0 Å². The zero-order valence-corrected chi connectivity index (χ0v) is 27.5. The number of rotatable bonds is 4. The highest BCUT2D eigenvalue weighted by Crippen LogP contribution is 2.52. The van der Waals surface area contributed by atoms with Gasteiger partial charge >= 0.3 is 0 Å². The Hall–Kier alpha value is -5.08. The van der Waals surface area contributed by atoms with Gasteiger partial charge in [-0.1, -0.05) is 97.1 Å². The molecule has 0 amide bonds. The van der Waals surface area contributed by atoms with E-state index in [-0.39, 0.29) is 0 Å². The normalized spacial score (nSPS) is 15.8. The van der Waals surface area contributed by atoms with Gasteiger partial charge in [0.25, 0.3) is 0 Å². The fraction of sp³-hybridized carbons (Fsp3) is 0.217. The van der Waals surface area contributed by atoms with Crippen LogP contribution >= 0.6 is 0 Å². The van der Waals surface area contributed by atoms with E-state index in [9.17, 15) is 0 Å². The van der Waals surface area contributed by atoms with Gasteiger partial charge in [-0.15, -0.1) is 0 Å². The van der Waals surface area contributed by atoms with Crippen LogP contribution in [0.25, 0.3) is 76.8 Å². The summed E-state index contributed by atoms with van der Waals surface area (Å²) >= 11 is 0. The summed E-state index contributed by atoms with van der Waals surface area (Å²) in [4.78, 5) is 5.22. The Morgan fingerprint density at radius 3 is 1.50 bits per heavy atom. The molecule has 2 heterocycles. The van der Waals surface area contributed by atoms with E-state index in [1.807, 2.05) is 0 Å². The second-order valence-electron chi connectivity index (χ2n) is 14.1. The minimum atomic E-state index is 1.14. The molecule has 3 aliphatic rings. The minimum Gasteiger partial charge on any atom is -0.372 e. The first-order chi connectivity index (χ1) is 23.8. The van der Waals surface area contributed by atoms with Crippen molar-refractivity contribution < 1.29 is 0 Å². The van der Waals surface area contributed by atoms with E-state index in [0.717, 1.165) is 26.2 Å². The molecule has 48 heavy (non-hydrogen) atoms. The van der Waals surface area contributed by atoms with Gasteiger partial charge in [-0.2, -0.15) is 0 Å². The van der Waals surface area contributed by atoms with Crippen molar-refractivity contribution in [3.05, 3.63) is 121 Å². The summed E-state index contributed by atoms with van der Waals surface area (Å²) in [6, 6.07) is 46.6. The molecule has 7 aromatic carbocycles. The lowest BCUT2D eigenvalue weighted by Gasteiger charge is -2.30. The van der Waals surface area contributed by atoms with Gasteiger partial charge in [0.2, 0.25) is 0 Å². The number of nitrogens with zero attached hydrogens (tertiary/aromatic N) is 2. The highest BCUT2D eigenvalue weighted by Gasteiger charge is 2.25. The molecule has 2 fully saturated rings. The molecule has 2 heteroatoms. The number of piperidine rings is 2. The van der Waals surface area contributed by atoms with Gasteiger partial charge in [-0.3, -0.25) is 0 Å². The monoisotopic (exact) mass is 620 g/mol. The third-order valence-corrected chi connectivity index (χ3v) is 11.4. The highest BCUT2D eigenvalue weighted by molar-refractivity contribution is 6.27. The Balaban J connectivity index is 1.32. The topological polar surface area (TPSA) is 6.48 Å². The van der Waals surface area contributed by atoms with Crippen LogP contribution in [0.2, 0.25) is 0 Å². The average Bonchev–Trinajstić information content (AvgIpc) is 3.49. The zero-order valence-electron chi connectivity index (χ0n) is 27.5. The van der Waals surface area contributed by atoms with Crippen molar-refractivity contribution in [2.75, 3.05) is 36.0 Å². The Kier molecular flexibility index (Phi) is 6.57. The lowest BCUT2D eigenvalue weighted by molar-refractivity contribution is 0.578. The quantitative estimate of drug-likeness (QED) is 0.181. The first-order valence-corrected chi connectivity index (χ1v) is 18.1. The molecular formula is C46H40N2. The Bertz CT molecular complexity index is 2330. The van der Waals surface area contributed by atoms with E-state index in [4.69, 9.17) is 0 Å². The van der Waals surface area contributed by atoms with Gasteiger partial charge < -0.3 is 9.80 Å². The van der Waals surface area contributed by atoms with Gasteiger partial charge in [-0.25, -0.2) is 0 Å². The van der Waals surface area contributed by atoms with Crippen LogP contribution in [0.3, 0.4) is 0 Å². The number of hydrogen-bond donors (Lipinski definition) is 0. The molecule has 0 aromatic heterocycles. The molecule has 0 unspecified atom stereocenters. The molecule has 7 aromatic rings. The summed E-state index contributed by atoms with van der Waals surface area (Å²) in [6.07, 6.45) is 7.76. The average molecular weight is 621 g/mol. The summed E-state index contributed by atoms with van der Waals surface area (Å²) in [5.74, 6) is 0. The smallest absolute Gasteiger partial charge is 0.0372 e. The Morgan fingerprint density at radius 2 is 0.854 bits per heavy atom.